The molecule has 1 aliphatic rings. The normalized spacial score (nSPS) is 14.8. The number of hydrogen-bond acceptors (Lipinski definition) is 8. The Labute approximate surface area is 234 Å². The molecule has 0 spiro atoms. The van der Waals surface area contributed by atoms with Gasteiger partial charge in [0.1, 0.15) is 11.5 Å². The van der Waals surface area contributed by atoms with Gasteiger partial charge in [-0.1, -0.05) is 11.6 Å². The van der Waals surface area contributed by atoms with E-state index in [1.807, 2.05) is 29.0 Å². The predicted octanol–water partition coefficient (Wildman–Crippen LogP) is 4.20. The van der Waals surface area contributed by atoms with E-state index < -0.39 is 10.0 Å². The average molecular weight is 569 g/mol. The van der Waals surface area contributed by atoms with Gasteiger partial charge in [-0.25, -0.2) is 18.4 Å². The number of pyridine rings is 1. The Morgan fingerprint density at radius 1 is 1.05 bits per heavy atom. The van der Waals surface area contributed by atoms with Crippen LogP contribution in [-0.2, 0) is 16.6 Å². The van der Waals surface area contributed by atoms with Gasteiger partial charge in [0.05, 0.1) is 17.8 Å². The predicted molar refractivity (Wildman–Crippen MR) is 158 cm³/mol. The second-order valence-corrected chi connectivity index (χ2v) is 12.6. The molecule has 5 rings (SSSR count). The van der Waals surface area contributed by atoms with Crippen LogP contribution in [0.3, 0.4) is 0 Å². The summed E-state index contributed by atoms with van der Waals surface area (Å²) in [5, 5.41) is 4.60. The molecular formula is C27H33ClN8O2S. The highest BCUT2D eigenvalue weighted by atomic mass is 35.5. The minimum absolute atomic E-state index is 0.321. The highest BCUT2D eigenvalue weighted by molar-refractivity contribution is 7.92. The zero-order valence-electron chi connectivity index (χ0n) is 22.5. The fraction of sp³-hybridized carbons (Fsp3) is 0.370. The van der Waals surface area contributed by atoms with Crippen LogP contribution in [0.5, 0.6) is 0 Å². The van der Waals surface area contributed by atoms with E-state index in [0.717, 1.165) is 47.6 Å². The zero-order chi connectivity index (χ0) is 27.7. The summed E-state index contributed by atoms with van der Waals surface area (Å²) in [6.07, 6.45) is 8.57. The Hall–Kier alpha value is -3.41. The Morgan fingerprint density at radius 2 is 1.77 bits per heavy atom. The van der Waals surface area contributed by atoms with Crippen LogP contribution < -0.4 is 14.5 Å². The largest absolute Gasteiger partial charge is 0.371 e. The van der Waals surface area contributed by atoms with Gasteiger partial charge in [0.25, 0.3) is 0 Å². The fourth-order valence-corrected chi connectivity index (χ4v) is 5.56. The molecular weight excluding hydrogens is 536 g/mol. The van der Waals surface area contributed by atoms with Gasteiger partial charge in [-0.05, 0) is 63.3 Å². The highest BCUT2D eigenvalue weighted by Gasteiger charge is 2.21. The van der Waals surface area contributed by atoms with Gasteiger partial charge in [0.2, 0.25) is 16.0 Å². The third kappa shape index (κ3) is 6.10. The summed E-state index contributed by atoms with van der Waals surface area (Å²) in [4.78, 5) is 18.3. The molecule has 0 atom stereocenters. The van der Waals surface area contributed by atoms with Crippen molar-refractivity contribution in [3.05, 3.63) is 65.6 Å². The van der Waals surface area contributed by atoms with Gasteiger partial charge < -0.3 is 19.7 Å². The van der Waals surface area contributed by atoms with Crippen LogP contribution in [0.1, 0.15) is 18.4 Å². The minimum Gasteiger partial charge on any atom is -0.371 e. The average Bonchev–Trinajstić information content (AvgIpc) is 3.30. The number of rotatable bonds is 8. The van der Waals surface area contributed by atoms with Crippen LogP contribution >= 0.6 is 11.6 Å². The Morgan fingerprint density at radius 3 is 2.44 bits per heavy atom. The lowest BCUT2D eigenvalue weighted by molar-refractivity contribution is 0.249. The summed E-state index contributed by atoms with van der Waals surface area (Å²) in [7, 11) is 2.29. The molecule has 10 nitrogen and oxygen atoms in total. The summed E-state index contributed by atoms with van der Waals surface area (Å²) in [6.45, 7) is 2.44. The van der Waals surface area contributed by atoms with E-state index in [-0.39, 0.29) is 0 Å². The van der Waals surface area contributed by atoms with E-state index in [1.54, 1.807) is 12.3 Å². The van der Waals surface area contributed by atoms with Gasteiger partial charge in [-0.2, -0.15) is 4.98 Å². The molecule has 4 aromatic rings. The van der Waals surface area contributed by atoms with Crippen LogP contribution in [0.2, 0.25) is 5.02 Å². The molecule has 0 unspecified atom stereocenters. The molecule has 1 aliphatic heterocycles. The fourth-order valence-electron chi connectivity index (χ4n) is 4.90. The number of anilines is 4. The molecule has 206 valence electrons. The second-order valence-electron chi connectivity index (χ2n) is 10.1. The number of nitrogens with zero attached hydrogens (tertiary/aromatic N) is 7. The third-order valence-corrected chi connectivity index (χ3v) is 8.61. The molecule has 1 fully saturated rings. The van der Waals surface area contributed by atoms with Crippen molar-refractivity contribution < 1.29 is 8.42 Å². The zero-order valence-corrected chi connectivity index (χ0v) is 24.1. The van der Waals surface area contributed by atoms with Crippen molar-refractivity contribution in [2.75, 3.05) is 55.0 Å². The Kier molecular flexibility index (Phi) is 7.66. The molecule has 1 saturated heterocycles. The Bertz CT molecular complexity index is 1560. The van der Waals surface area contributed by atoms with Crippen LogP contribution in [0.4, 0.5) is 23.1 Å². The topological polar surface area (TPSA) is 99.5 Å². The highest BCUT2D eigenvalue weighted by Crippen LogP contribution is 2.27. The summed E-state index contributed by atoms with van der Waals surface area (Å²) in [5.74, 6) is 0.793. The standard InChI is InChI=1S/C27H33ClN8O2S/c1-33(2)23-10-13-35(14-11-23)24-7-5-22(6-8-24)31-27-30-16-19-9-12-36(26(19)32-27)18-20-15-21(28)17-29-25(20)34(3)39(4,37)38/h5-9,12,15-17,23H,10-11,13-14,18H2,1-4H3,(H,30,31,32). The molecule has 4 heterocycles. The summed E-state index contributed by atoms with van der Waals surface area (Å²) < 4.78 is 27.4. The second kappa shape index (κ2) is 11.0. The summed E-state index contributed by atoms with van der Waals surface area (Å²) in [6, 6.07) is 12.6. The van der Waals surface area contributed by atoms with Crippen molar-refractivity contribution in [3.8, 4) is 0 Å². The van der Waals surface area contributed by atoms with Crippen LogP contribution in [-0.4, -0.2) is 79.4 Å². The van der Waals surface area contributed by atoms with Crippen LogP contribution in [0, 0.1) is 0 Å². The smallest absolute Gasteiger partial charge is 0.233 e. The number of benzene rings is 1. The lowest BCUT2D eigenvalue weighted by atomic mass is 10.0. The van der Waals surface area contributed by atoms with E-state index in [4.69, 9.17) is 16.6 Å². The number of sulfonamides is 1. The lowest BCUT2D eigenvalue weighted by Gasteiger charge is -2.36. The van der Waals surface area contributed by atoms with E-state index in [1.165, 1.54) is 18.9 Å². The molecule has 0 saturated carbocycles. The number of fused-ring (bicyclic) bond motifs is 1. The van der Waals surface area contributed by atoms with Crippen molar-refractivity contribution in [3.63, 3.8) is 0 Å². The van der Waals surface area contributed by atoms with Gasteiger partial charge in [0.15, 0.2) is 0 Å². The lowest BCUT2D eigenvalue weighted by Crippen LogP contribution is -2.41. The van der Waals surface area contributed by atoms with Crippen LogP contribution in [0.25, 0.3) is 11.0 Å². The van der Waals surface area contributed by atoms with E-state index in [0.29, 0.717) is 40.6 Å². The molecule has 0 aliphatic carbocycles. The quantitative estimate of drug-likeness (QED) is 0.338. The first kappa shape index (κ1) is 27.2. The number of halogens is 1. The van der Waals surface area contributed by atoms with Crippen molar-refractivity contribution >= 4 is 55.8 Å². The molecule has 0 bridgehead atoms. The maximum Gasteiger partial charge on any atom is 0.233 e. The van der Waals surface area contributed by atoms with Gasteiger partial charge in [0, 0.05) is 67.1 Å². The summed E-state index contributed by atoms with van der Waals surface area (Å²) >= 11 is 6.21. The number of aromatic nitrogens is 4. The first-order valence-corrected chi connectivity index (χ1v) is 15.0. The number of nitrogens with one attached hydrogen (secondary N) is 1. The summed E-state index contributed by atoms with van der Waals surface area (Å²) in [5.41, 5.74) is 3.48. The maximum atomic E-state index is 12.2. The molecule has 39 heavy (non-hydrogen) atoms. The Balaban J connectivity index is 1.33. The van der Waals surface area contributed by atoms with Gasteiger partial charge >= 0.3 is 0 Å². The van der Waals surface area contributed by atoms with Gasteiger partial charge in [-0.15, -0.1) is 0 Å². The van der Waals surface area contributed by atoms with Crippen molar-refractivity contribution in [1.29, 1.82) is 0 Å². The molecule has 1 N–H and O–H groups in total. The van der Waals surface area contributed by atoms with E-state index in [9.17, 15) is 8.42 Å². The van der Waals surface area contributed by atoms with Crippen molar-refractivity contribution in [2.24, 2.45) is 0 Å². The van der Waals surface area contributed by atoms with Crippen molar-refractivity contribution in [1.82, 2.24) is 24.4 Å². The van der Waals surface area contributed by atoms with Crippen LogP contribution in [0.15, 0.2) is 55.0 Å². The SMILES string of the molecule is CN(C)C1CCN(c2ccc(Nc3ncc4ccn(Cc5cc(Cl)cnc5N(C)S(C)(=O)=O)c4n3)cc2)CC1. The first-order chi connectivity index (χ1) is 18.6. The molecule has 0 amide bonds. The maximum absolute atomic E-state index is 12.2. The molecule has 12 heteroatoms. The number of piperidine rings is 1. The van der Waals surface area contributed by atoms with Crippen molar-refractivity contribution in [2.45, 2.75) is 25.4 Å². The number of hydrogen-bond donors (Lipinski definition) is 1. The first-order valence-electron chi connectivity index (χ1n) is 12.8. The minimum atomic E-state index is -3.49. The molecule has 3 aromatic heterocycles. The van der Waals surface area contributed by atoms with E-state index >= 15 is 0 Å². The molecule has 1 aromatic carbocycles. The monoisotopic (exact) mass is 568 g/mol. The molecule has 0 radical (unpaired) electrons. The van der Waals surface area contributed by atoms with E-state index in [2.05, 4.69) is 51.3 Å². The van der Waals surface area contributed by atoms with Gasteiger partial charge in [-0.3, -0.25) is 4.31 Å². The third-order valence-electron chi connectivity index (χ3n) is 7.23.